The molecule has 0 spiro atoms. The van der Waals surface area contributed by atoms with Crippen molar-refractivity contribution in [1.82, 2.24) is 0 Å². The lowest BCUT2D eigenvalue weighted by molar-refractivity contribution is -0.120. The van der Waals surface area contributed by atoms with Crippen molar-refractivity contribution >= 4 is 12.2 Å². The summed E-state index contributed by atoms with van der Waals surface area (Å²) in [6.07, 6.45) is 5.74. The number of rotatable bonds is 4. The van der Waals surface area contributed by atoms with E-state index in [1.807, 2.05) is 32.9 Å². The Morgan fingerprint density at radius 1 is 0.970 bits per heavy atom. The number of benzene rings is 2. The standard InChI is InChI=1S/C27H32O6/c1-15(2)4-7-20-21(28)9-17(10-22(20)29)6-5-16-8-18-12-19-13-23(30)25(32)14-27(19,3)33-26(18)24(31)11-16/h4-6,8-11,19,23,25,28-32H,7,12-14H2,1-3H3/b6-5+/t19-,23+,25-,27-/m1/s1. The first-order valence-electron chi connectivity index (χ1n) is 11.3. The number of hydrogen-bond acceptors (Lipinski definition) is 6. The number of fused-ring (bicyclic) bond motifs is 2. The van der Waals surface area contributed by atoms with Crippen LogP contribution in [0, 0.1) is 5.92 Å². The second-order valence-electron chi connectivity index (χ2n) is 9.78. The maximum Gasteiger partial charge on any atom is 0.164 e. The Bertz CT molecular complexity index is 1090. The van der Waals surface area contributed by atoms with E-state index in [0.29, 0.717) is 42.6 Å². The molecule has 1 aliphatic heterocycles. The zero-order valence-corrected chi connectivity index (χ0v) is 19.2. The zero-order valence-electron chi connectivity index (χ0n) is 19.2. The monoisotopic (exact) mass is 452 g/mol. The largest absolute Gasteiger partial charge is 0.507 e. The summed E-state index contributed by atoms with van der Waals surface area (Å²) in [5.41, 5.74) is 3.19. The minimum atomic E-state index is -0.835. The molecular weight excluding hydrogens is 420 g/mol. The van der Waals surface area contributed by atoms with E-state index in [2.05, 4.69) is 0 Å². The molecule has 2 aliphatic rings. The van der Waals surface area contributed by atoms with Crippen LogP contribution in [0.3, 0.4) is 0 Å². The molecule has 1 heterocycles. The molecule has 4 atom stereocenters. The van der Waals surface area contributed by atoms with Gasteiger partial charge in [-0.05, 0) is 81.0 Å². The highest BCUT2D eigenvalue weighted by Crippen LogP contribution is 2.48. The molecular formula is C27H32O6. The normalized spacial score (nSPS) is 26.4. The van der Waals surface area contributed by atoms with Gasteiger partial charge in [-0.25, -0.2) is 0 Å². The van der Waals surface area contributed by atoms with Crippen LogP contribution in [0.4, 0.5) is 0 Å². The molecule has 0 unspecified atom stereocenters. The maximum absolute atomic E-state index is 10.6. The van der Waals surface area contributed by atoms with Crippen LogP contribution in [0.5, 0.6) is 23.0 Å². The average Bonchev–Trinajstić information content (AvgIpc) is 2.72. The molecule has 6 nitrogen and oxygen atoms in total. The lowest BCUT2D eigenvalue weighted by Crippen LogP contribution is -2.54. The van der Waals surface area contributed by atoms with Crippen molar-refractivity contribution in [1.29, 1.82) is 0 Å². The average molecular weight is 453 g/mol. The van der Waals surface area contributed by atoms with Crippen LogP contribution < -0.4 is 4.74 Å². The molecule has 33 heavy (non-hydrogen) atoms. The first-order chi connectivity index (χ1) is 15.6. The number of phenolic OH excluding ortho intramolecular Hbond substituents is 3. The van der Waals surface area contributed by atoms with Gasteiger partial charge in [0, 0.05) is 17.9 Å². The van der Waals surface area contributed by atoms with Crippen molar-refractivity contribution in [2.75, 3.05) is 0 Å². The van der Waals surface area contributed by atoms with Gasteiger partial charge in [0.25, 0.3) is 0 Å². The first-order valence-corrected chi connectivity index (χ1v) is 11.3. The molecule has 176 valence electrons. The van der Waals surface area contributed by atoms with Crippen molar-refractivity contribution in [3.8, 4) is 23.0 Å². The van der Waals surface area contributed by atoms with Gasteiger partial charge in [-0.3, -0.25) is 0 Å². The fourth-order valence-corrected chi connectivity index (χ4v) is 4.87. The van der Waals surface area contributed by atoms with Crippen LogP contribution in [0.25, 0.3) is 12.2 Å². The summed E-state index contributed by atoms with van der Waals surface area (Å²) < 4.78 is 6.16. The van der Waals surface area contributed by atoms with Crippen molar-refractivity contribution in [3.63, 3.8) is 0 Å². The molecule has 4 rings (SSSR count). The Morgan fingerprint density at radius 2 is 1.58 bits per heavy atom. The Labute approximate surface area is 194 Å². The first kappa shape index (κ1) is 23.2. The molecule has 2 aromatic rings. The van der Waals surface area contributed by atoms with E-state index in [-0.39, 0.29) is 23.2 Å². The molecule has 0 radical (unpaired) electrons. The van der Waals surface area contributed by atoms with Crippen LogP contribution in [0.15, 0.2) is 35.9 Å². The van der Waals surface area contributed by atoms with E-state index in [0.717, 1.165) is 16.7 Å². The molecule has 0 amide bonds. The van der Waals surface area contributed by atoms with E-state index < -0.39 is 17.8 Å². The summed E-state index contributed by atoms with van der Waals surface area (Å²) in [5, 5.41) is 51.5. The molecule has 1 aliphatic carbocycles. The molecule has 6 heteroatoms. The van der Waals surface area contributed by atoms with Gasteiger partial charge in [0.05, 0.1) is 12.2 Å². The van der Waals surface area contributed by atoms with Crippen LogP contribution >= 0.6 is 0 Å². The Morgan fingerprint density at radius 3 is 2.21 bits per heavy atom. The van der Waals surface area contributed by atoms with Crippen LogP contribution in [0.2, 0.25) is 0 Å². The molecule has 2 aromatic carbocycles. The lowest BCUT2D eigenvalue weighted by Gasteiger charge is -2.48. The van der Waals surface area contributed by atoms with Gasteiger partial charge in [-0.15, -0.1) is 0 Å². The highest BCUT2D eigenvalue weighted by Gasteiger charge is 2.48. The van der Waals surface area contributed by atoms with Crippen molar-refractivity contribution in [2.24, 2.45) is 5.92 Å². The quantitative estimate of drug-likeness (QED) is 0.349. The van der Waals surface area contributed by atoms with Gasteiger partial charge in [0.15, 0.2) is 11.5 Å². The molecule has 5 N–H and O–H groups in total. The zero-order chi connectivity index (χ0) is 23.9. The van der Waals surface area contributed by atoms with Gasteiger partial charge >= 0.3 is 0 Å². The van der Waals surface area contributed by atoms with E-state index in [1.165, 1.54) is 0 Å². The minimum Gasteiger partial charge on any atom is -0.507 e. The van der Waals surface area contributed by atoms with Crippen molar-refractivity contribution in [2.45, 2.75) is 64.3 Å². The number of hydrogen-bond donors (Lipinski definition) is 5. The van der Waals surface area contributed by atoms with Crippen LogP contribution in [-0.2, 0) is 12.8 Å². The minimum absolute atomic E-state index is 0.0233. The summed E-state index contributed by atoms with van der Waals surface area (Å²) in [4.78, 5) is 0. The fourth-order valence-electron chi connectivity index (χ4n) is 4.87. The third-order valence-corrected chi connectivity index (χ3v) is 6.83. The van der Waals surface area contributed by atoms with Crippen molar-refractivity contribution in [3.05, 3.63) is 58.2 Å². The number of aliphatic hydroxyl groups is 2. The van der Waals surface area contributed by atoms with Crippen LogP contribution in [-0.4, -0.2) is 43.3 Å². The third-order valence-electron chi connectivity index (χ3n) is 6.83. The van der Waals surface area contributed by atoms with E-state index in [9.17, 15) is 25.5 Å². The van der Waals surface area contributed by atoms with Crippen LogP contribution in [0.1, 0.15) is 55.9 Å². The molecule has 1 fully saturated rings. The highest BCUT2D eigenvalue weighted by atomic mass is 16.5. The van der Waals surface area contributed by atoms with Gasteiger partial charge in [0.2, 0.25) is 0 Å². The Hall–Kier alpha value is -2.96. The summed E-state index contributed by atoms with van der Waals surface area (Å²) in [5.74, 6) is 0.546. The van der Waals surface area contributed by atoms with Gasteiger partial charge in [-0.1, -0.05) is 23.8 Å². The van der Waals surface area contributed by atoms with Gasteiger partial charge < -0.3 is 30.3 Å². The van der Waals surface area contributed by atoms with E-state index >= 15 is 0 Å². The SMILES string of the molecule is CC(C)=CCc1c(O)cc(/C=C/c2cc(O)c3c(c2)C[C@@H]2C[C@H](O)[C@H](O)C[C@@]2(C)O3)cc1O. The summed E-state index contributed by atoms with van der Waals surface area (Å²) >= 11 is 0. The van der Waals surface area contributed by atoms with Gasteiger partial charge in [-0.2, -0.15) is 0 Å². The second-order valence-corrected chi connectivity index (χ2v) is 9.78. The number of phenols is 3. The fraction of sp³-hybridized carbons (Fsp3) is 0.407. The Kier molecular flexibility index (Phi) is 6.16. The smallest absolute Gasteiger partial charge is 0.164 e. The number of aliphatic hydroxyl groups excluding tert-OH is 2. The number of ether oxygens (including phenoxy) is 1. The van der Waals surface area contributed by atoms with E-state index in [4.69, 9.17) is 4.74 Å². The third kappa shape index (κ3) is 4.72. The second kappa shape index (κ2) is 8.76. The predicted molar refractivity (Wildman–Crippen MR) is 127 cm³/mol. The van der Waals surface area contributed by atoms with E-state index in [1.54, 1.807) is 30.4 Å². The number of aromatic hydroxyl groups is 3. The summed E-state index contributed by atoms with van der Waals surface area (Å²) in [7, 11) is 0. The lowest BCUT2D eigenvalue weighted by atomic mass is 9.69. The summed E-state index contributed by atoms with van der Waals surface area (Å²) in [6, 6.07) is 6.75. The Balaban J connectivity index is 1.58. The van der Waals surface area contributed by atoms with Gasteiger partial charge in [0.1, 0.15) is 17.1 Å². The molecule has 0 aromatic heterocycles. The predicted octanol–water partition coefficient (Wildman–Crippen LogP) is 4.31. The molecule has 0 saturated heterocycles. The highest BCUT2D eigenvalue weighted by molar-refractivity contribution is 5.73. The number of allylic oxidation sites excluding steroid dienone is 2. The van der Waals surface area contributed by atoms with Crippen molar-refractivity contribution < 1.29 is 30.3 Å². The molecule has 1 saturated carbocycles. The summed E-state index contributed by atoms with van der Waals surface area (Å²) in [6.45, 7) is 5.85. The topological polar surface area (TPSA) is 110 Å². The molecule has 0 bridgehead atoms. The maximum atomic E-state index is 10.6.